The fraction of sp³-hybridized carbons (Fsp3) is 0.600. The van der Waals surface area contributed by atoms with Crippen LogP contribution < -0.4 is 10.6 Å². The molecule has 1 aliphatic heterocycles. The summed E-state index contributed by atoms with van der Waals surface area (Å²) in [6, 6.07) is 6.60. The maximum atomic E-state index is 13.2. The molecule has 1 saturated heterocycles. The van der Waals surface area contributed by atoms with Gasteiger partial charge in [0.25, 0.3) is 0 Å². The summed E-state index contributed by atoms with van der Waals surface area (Å²) in [5.74, 6) is 0.521. The number of halogens is 2. The van der Waals surface area contributed by atoms with Gasteiger partial charge in [-0.3, -0.25) is 9.79 Å². The Kier molecular flexibility index (Phi) is 10.7. The topological polar surface area (TPSA) is 66.0 Å². The predicted octanol–water partition coefficient (Wildman–Crippen LogP) is 3.09. The molecule has 158 valence electrons. The number of benzene rings is 1. The smallest absolute Gasteiger partial charge is 0.221 e. The fourth-order valence-corrected chi connectivity index (χ4v) is 3.06. The van der Waals surface area contributed by atoms with Crippen molar-refractivity contribution in [1.82, 2.24) is 15.5 Å². The highest BCUT2D eigenvalue weighted by molar-refractivity contribution is 14.0. The Morgan fingerprint density at radius 1 is 1.36 bits per heavy atom. The van der Waals surface area contributed by atoms with Crippen LogP contribution in [0.2, 0.25) is 0 Å². The largest absolute Gasteiger partial charge is 0.367 e. The molecular weight excluding hydrogens is 474 g/mol. The molecule has 2 N–H and O–H groups in total. The molecule has 8 heteroatoms. The van der Waals surface area contributed by atoms with Gasteiger partial charge in [0.15, 0.2) is 5.96 Å². The number of carbonyl (C=O) groups is 1. The van der Waals surface area contributed by atoms with Crippen LogP contribution in [0.5, 0.6) is 0 Å². The van der Waals surface area contributed by atoms with Crippen LogP contribution in [0.15, 0.2) is 29.3 Å². The minimum atomic E-state index is -0.257. The summed E-state index contributed by atoms with van der Waals surface area (Å²) < 4.78 is 19.2. The summed E-state index contributed by atoms with van der Waals surface area (Å²) in [7, 11) is 1.73. The Labute approximate surface area is 184 Å². The van der Waals surface area contributed by atoms with E-state index in [1.807, 2.05) is 20.8 Å². The first kappa shape index (κ1) is 24.6. The monoisotopic (exact) mass is 506 g/mol. The minimum absolute atomic E-state index is 0. The molecule has 1 fully saturated rings. The maximum absolute atomic E-state index is 13.2. The normalized spacial score (nSPS) is 20.9. The molecule has 28 heavy (non-hydrogen) atoms. The number of rotatable bonds is 6. The van der Waals surface area contributed by atoms with Gasteiger partial charge in [0, 0.05) is 32.6 Å². The van der Waals surface area contributed by atoms with Crippen LogP contribution in [0, 0.1) is 5.82 Å². The zero-order valence-corrected chi connectivity index (χ0v) is 19.4. The average Bonchev–Trinajstić information content (AvgIpc) is 2.65. The number of amides is 1. The lowest BCUT2D eigenvalue weighted by Crippen LogP contribution is -2.51. The fourth-order valence-electron chi connectivity index (χ4n) is 3.06. The maximum Gasteiger partial charge on any atom is 0.221 e. The molecule has 1 aromatic rings. The van der Waals surface area contributed by atoms with Crippen molar-refractivity contribution in [3.05, 3.63) is 35.6 Å². The average molecular weight is 506 g/mol. The Morgan fingerprint density at radius 3 is 2.64 bits per heavy atom. The number of nitrogens with one attached hydrogen (secondary N) is 2. The number of aliphatic imine (C=N–C) groups is 1. The highest BCUT2D eigenvalue weighted by atomic mass is 127. The van der Waals surface area contributed by atoms with E-state index in [0.29, 0.717) is 26.1 Å². The van der Waals surface area contributed by atoms with Crippen LogP contribution in [0.1, 0.15) is 45.3 Å². The summed E-state index contributed by atoms with van der Waals surface area (Å²) in [6.45, 7) is 7.89. The summed E-state index contributed by atoms with van der Waals surface area (Å²) in [5.41, 5.74) is 0.941. The van der Waals surface area contributed by atoms with Crippen LogP contribution in [-0.4, -0.2) is 55.6 Å². The minimum Gasteiger partial charge on any atom is -0.367 e. The van der Waals surface area contributed by atoms with Gasteiger partial charge in [0.2, 0.25) is 5.91 Å². The summed E-state index contributed by atoms with van der Waals surface area (Å²) >= 11 is 0. The molecule has 0 spiro atoms. The SMILES string of the molecule is CCC(C)NC(=O)CCNC(=NC)N1CC(C)OC(c2ccc(F)cc2)C1.I. The highest BCUT2D eigenvalue weighted by Crippen LogP contribution is 2.25. The van der Waals surface area contributed by atoms with Gasteiger partial charge in [0.05, 0.1) is 12.6 Å². The number of hydrogen-bond acceptors (Lipinski definition) is 3. The Morgan fingerprint density at radius 2 is 2.04 bits per heavy atom. The van der Waals surface area contributed by atoms with Crippen molar-refractivity contribution in [3.63, 3.8) is 0 Å². The van der Waals surface area contributed by atoms with E-state index in [2.05, 4.69) is 20.5 Å². The lowest BCUT2D eigenvalue weighted by Gasteiger charge is -2.38. The van der Waals surface area contributed by atoms with Gasteiger partial charge >= 0.3 is 0 Å². The molecule has 2 rings (SSSR count). The van der Waals surface area contributed by atoms with Gasteiger partial charge in [-0.1, -0.05) is 19.1 Å². The second-order valence-electron chi connectivity index (χ2n) is 6.99. The molecule has 1 amide bonds. The first-order valence-electron chi connectivity index (χ1n) is 9.58. The van der Waals surface area contributed by atoms with Crippen LogP contribution in [0.4, 0.5) is 4.39 Å². The van der Waals surface area contributed by atoms with E-state index in [4.69, 9.17) is 4.74 Å². The van der Waals surface area contributed by atoms with Crippen molar-refractivity contribution in [1.29, 1.82) is 0 Å². The number of ether oxygens (including phenoxy) is 1. The van der Waals surface area contributed by atoms with Gasteiger partial charge < -0.3 is 20.3 Å². The van der Waals surface area contributed by atoms with Gasteiger partial charge in [-0.05, 0) is 38.0 Å². The molecule has 1 heterocycles. The van der Waals surface area contributed by atoms with Crippen molar-refractivity contribution >= 4 is 35.8 Å². The van der Waals surface area contributed by atoms with Gasteiger partial charge in [-0.25, -0.2) is 4.39 Å². The van der Waals surface area contributed by atoms with E-state index in [9.17, 15) is 9.18 Å². The van der Waals surface area contributed by atoms with Crippen molar-refractivity contribution < 1.29 is 13.9 Å². The lowest BCUT2D eigenvalue weighted by molar-refractivity contribution is -0.121. The number of guanidine groups is 1. The predicted molar refractivity (Wildman–Crippen MR) is 121 cm³/mol. The zero-order chi connectivity index (χ0) is 19.8. The van der Waals surface area contributed by atoms with Crippen molar-refractivity contribution in [2.75, 3.05) is 26.7 Å². The molecule has 0 aliphatic carbocycles. The highest BCUT2D eigenvalue weighted by Gasteiger charge is 2.28. The lowest BCUT2D eigenvalue weighted by atomic mass is 10.1. The van der Waals surface area contributed by atoms with E-state index < -0.39 is 0 Å². The van der Waals surface area contributed by atoms with E-state index in [1.54, 1.807) is 19.2 Å². The molecule has 0 bridgehead atoms. The first-order chi connectivity index (χ1) is 12.9. The van der Waals surface area contributed by atoms with Crippen LogP contribution in [-0.2, 0) is 9.53 Å². The van der Waals surface area contributed by atoms with Crippen molar-refractivity contribution in [2.24, 2.45) is 4.99 Å². The van der Waals surface area contributed by atoms with Crippen molar-refractivity contribution in [2.45, 2.75) is 51.9 Å². The van der Waals surface area contributed by atoms with Crippen LogP contribution in [0.25, 0.3) is 0 Å². The quantitative estimate of drug-likeness (QED) is 0.354. The Balaban J connectivity index is 0.00000392. The van der Waals surface area contributed by atoms with Crippen LogP contribution >= 0.6 is 24.0 Å². The molecule has 1 aliphatic rings. The number of morpholine rings is 1. The van der Waals surface area contributed by atoms with Gasteiger partial charge in [0.1, 0.15) is 11.9 Å². The molecule has 0 aromatic heterocycles. The van der Waals surface area contributed by atoms with E-state index in [0.717, 1.165) is 17.9 Å². The summed E-state index contributed by atoms with van der Waals surface area (Å²) in [6.07, 6.45) is 1.17. The number of hydrogen-bond donors (Lipinski definition) is 2. The molecule has 3 atom stereocenters. The van der Waals surface area contributed by atoms with Crippen LogP contribution in [0.3, 0.4) is 0 Å². The van der Waals surface area contributed by atoms with Gasteiger partial charge in [-0.2, -0.15) is 0 Å². The van der Waals surface area contributed by atoms with Gasteiger partial charge in [-0.15, -0.1) is 24.0 Å². The van der Waals surface area contributed by atoms with E-state index in [1.165, 1.54) is 12.1 Å². The molecule has 0 saturated carbocycles. The van der Waals surface area contributed by atoms with E-state index >= 15 is 0 Å². The number of nitrogens with zero attached hydrogens (tertiary/aromatic N) is 2. The second-order valence-corrected chi connectivity index (χ2v) is 6.99. The molecule has 0 radical (unpaired) electrons. The standard InChI is InChI=1S/C20H31FN4O2.HI/c1-5-14(2)24-19(26)10-11-23-20(22-4)25-12-15(3)27-18(13-25)16-6-8-17(21)9-7-16;/h6-9,14-15,18H,5,10-13H2,1-4H3,(H,22,23)(H,24,26);1H. The summed E-state index contributed by atoms with van der Waals surface area (Å²) in [5, 5.41) is 6.22. The summed E-state index contributed by atoms with van der Waals surface area (Å²) in [4.78, 5) is 18.4. The molecule has 3 unspecified atom stereocenters. The molecule has 1 aromatic carbocycles. The molecular formula is C20H32FIN4O2. The third-order valence-electron chi connectivity index (χ3n) is 4.67. The third kappa shape index (κ3) is 7.54. The second kappa shape index (κ2) is 12.2. The third-order valence-corrected chi connectivity index (χ3v) is 4.67. The molecule has 6 nitrogen and oxygen atoms in total. The zero-order valence-electron chi connectivity index (χ0n) is 17.1. The van der Waals surface area contributed by atoms with E-state index in [-0.39, 0.29) is 54.0 Å². The first-order valence-corrected chi connectivity index (χ1v) is 9.58. The Hall–Kier alpha value is -1.42. The Bertz CT molecular complexity index is 642. The van der Waals surface area contributed by atoms with Crippen molar-refractivity contribution in [3.8, 4) is 0 Å². The number of carbonyl (C=O) groups excluding carboxylic acids is 1.